The molecule has 4 fully saturated rings. The van der Waals surface area contributed by atoms with Crippen LogP contribution in [0.4, 0.5) is 51.2 Å². The molecule has 704 valence electrons. The topological polar surface area (TPSA) is 163 Å². The van der Waals surface area contributed by atoms with E-state index in [0.29, 0.717) is 63.9 Å². The van der Waals surface area contributed by atoms with Crippen LogP contribution in [0, 0.1) is 69.2 Å². The number of furan rings is 5. The van der Waals surface area contributed by atoms with Gasteiger partial charge in [-0.1, -0.05) is 158 Å². The number of hydrogen-bond donors (Lipinski definition) is 0. The van der Waals surface area contributed by atoms with Gasteiger partial charge in [-0.3, -0.25) is 9.80 Å². The van der Waals surface area contributed by atoms with Gasteiger partial charge in [0, 0.05) is 178 Å². The molecule has 0 spiro atoms. The van der Waals surface area contributed by atoms with E-state index >= 15 is 0 Å². The van der Waals surface area contributed by atoms with Gasteiger partial charge >= 0.3 is 0 Å². The number of piperidine rings is 1. The van der Waals surface area contributed by atoms with Gasteiger partial charge < -0.3 is 61.3 Å². The normalized spacial score (nSPS) is 22.8. The van der Waals surface area contributed by atoms with Gasteiger partial charge in [0.2, 0.25) is 28.6 Å². The van der Waals surface area contributed by atoms with Gasteiger partial charge in [-0.15, -0.1) is 0 Å². The molecule has 10 aromatic heterocycles. The number of rotatable bonds is 5. The molecule has 0 amide bonds. The molecule has 28 rings (SSSR count). The van der Waals surface area contributed by atoms with E-state index in [1.165, 1.54) is 70.6 Å². The molecule has 0 saturated carbocycles. The van der Waals surface area contributed by atoms with E-state index in [-0.39, 0.29) is 43.8 Å². The predicted molar refractivity (Wildman–Crippen MR) is 573 cm³/mol. The average molecular weight is 1860 g/mol. The summed E-state index contributed by atoms with van der Waals surface area (Å²) in [7, 11) is 4.19. The first-order valence-corrected chi connectivity index (χ1v) is 49.2. The third kappa shape index (κ3) is 14.4. The van der Waals surface area contributed by atoms with Crippen molar-refractivity contribution in [1.29, 1.82) is 0 Å². The summed E-state index contributed by atoms with van der Waals surface area (Å²) in [5, 5.41) is 10.4. The van der Waals surface area contributed by atoms with Gasteiger partial charge in [0.05, 0.1) is 72.2 Å². The van der Waals surface area contributed by atoms with Gasteiger partial charge in [0.25, 0.3) is 0 Å². The summed E-state index contributed by atoms with van der Waals surface area (Å²) >= 11 is 0. The van der Waals surface area contributed by atoms with Crippen molar-refractivity contribution in [2.24, 2.45) is 0 Å². The van der Waals surface area contributed by atoms with Crippen LogP contribution < -0.4 is 39.2 Å². The highest BCUT2D eigenvalue weighted by molar-refractivity contribution is 6.14. The Kier molecular flexibility index (Phi) is 19.7. The van der Waals surface area contributed by atoms with Crippen LogP contribution in [0.5, 0.6) is 0 Å². The Morgan fingerprint density at radius 3 is 1.19 bits per heavy atom. The van der Waals surface area contributed by atoms with E-state index in [1.54, 1.807) is 4.90 Å². The van der Waals surface area contributed by atoms with Crippen LogP contribution in [0.3, 0.4) is 0 Å². The fourth-order valence-corrected chi connectivity index (χ4v) is 23.2. The highest BCUT2D eigenvalue weighted by atomic mass is 16.4. The molecule has 20 heteroatoms. The summed E-state index contributed by atoms with van der Waals surface area (Å²) in [5.41, 5.74) is 32.4. The van der Waals surface area contributed by atoms with Crippen molar-refractivity contribution in [3.8, 4) is 11.1 Å². The van der Waals surface area contributed by atoms with Gasteiger partial charge in [-0.05, 0) is 264 Å². The van der Waals surface area contributed by atoms with Crippen molar-refractivity contribution in [2.45, 2.75) is 185 Å². The number of nitrogens with zero attached hydrogens (tertiary/aromatic N) is 15. The van der Waals surface area contributed by atoms with Crippen LogP contribution in [-0.2, 0) is 19.2 Å². The predicted octanol–water partition coefficient (Wildman–Crippen LogP) is 27.4. The first-order valence-electron chi connectivity index (χ1n) is 52.7. The highest BCUT2D eigenvalue weighted by Crippen LogP contribution is 2.54. The highest BCUT2D eigenvalue weighted by Gasteiger charge is 2.47. The van der Waals surface area contributed by atoms with Crippen molar-refractivity contribution in [1.82, 2.24) is 34.7 Å². The number of benzene rings is 10. The van der Waals surface area contributed by atoms with Crippen LogP contribution >= 0.6 is 0 Å². The zero-order chi connectivity index (χ0) is 102. The van der Waals surface area contributed by atoms with Crippen molar-refractivity contribution in [2.75, 3.05) is 86.0 Å². The van der Waals surface area contributed by atoms with E-state index in [1.807, 2.05) is 170 Å². The second-order valence-electron chi connectivity index (χ2n) is 39.2. The Labute approximate surface area is 826 Å². The van der Waals surface area contributed by atoms with Crippen LogP contribution in [0.15, 0.2) is 265 Å². The molecule has 20 aromatic rings. The van der Waals surface area contributed by atoms with Crippen LogP contribution in [0.2, 0.25) is 0 Å². The number of pyridine rings is 5. The summed E-state index contributed by atoms with van der Waals surface area (Å²) in [6, 6.07) is 81.3. The van der Waals surface area contributed by atoms with Gasteiger partial charge in [-0.2, -0.15) is 0 Å². The molecular weight excluding hydrogens is 1730 g/mol. The minimum atomic E-state index is -1.65. The standard InChI is InChI=1S/C28H25N3O.2C24H23N3O.C24H25N3O.C20H23N3O/c1-17-13-15-22-23-16-14-18(2)29-28(23)32-27(22)26(17)31-19(3)30(4)24-11-7-5-9-20(24)21-10-6-8-12-25(21)31;1-14-8-10-19-20-11-9-15(2)25-24(20)28-23(19)22(14)27-16(3)26-13-18(27)12-17-6-4-5-7-21(17)26;1-14-8-10-19-20-11-9-15(2)25-24(20)28-23(19)22(14)27-16(3)26-12-17-6-4-5-7-18(17)21(27)13-26;1-15-9-11-19-20-12-10-16(2)25-24(20)28-23(19)22(15)27-14-13-18-7-5-6-8-21(18)26(4)17(27)3;1-12-6-8-16-17-9-7-13(2)21-20(17)24-19(16)18(12)23-14(3)22-10-4-5-15(23)11-22/h5-16,19H,1-4H3;4-11,16,18H,12-13H2,1-3H3;4-11,16,21H,12-13H2,1-3H3;5-12,17H,13-14H2,1-4H3;6-9,14-15H,4-5,10-11H2,1-3H3/i;12D2;12D2,21D;13D2;. The summed E-state index contributed by atoms with van der Waals surface area (Å²) < 4.78 is 94.7. The van der Waals surface area contributed by atoms with Gasteiger partial charge in [0.15, 0.2) is 27.9 Å². The summed E-state index contributed by atoms with van der Waals surface area (Å²) in [5.74, 6) is 0. The van der Waals surface area contributed by atoms with Crippen molar-refractivity contribution >= 4 is 162 Å². The monoisotopic (exact) mass is 1860 g/mol. The Morgan fingerprint density at radius 2 is 0.686 bits per heavy atom. The molecule has 0 radical (unpaired) electrons. The number of anilines is 9. The zero-order valence-electron chi connectivity index (χ0n) is 89.3. The van der Waals surface area contributed by atoms with Crippen LogP contribution in [0.25, 0.3) is 121 Å². The molecule has 20 nitrogen and oxygen atoms in total. The average Bonchev–Trinajstić information content (AvgIpc) is 1.51. The Morgan fingerprint density at radius 1 is 0.307 bits per heavy atom. The van der Waals surface area contributed by atoms with E-state index < -0.39 is 25.3 Å². The molecule has 4 saturated heterocycles. The summed E-state index contributed by atoms with van der Waals surface area (Å²) in [6.07, 6.45) is -0.269. The summed E-state index contributed by atoms with van der Waals surface area (Å²) in [6.45, 7) is 33.1. The minimum absolute atomic E-state index is 0.0148. The number of fused-ring (bicyclic) bond motifs is 29. The SMILES string of the molecule is Cc1ccc2c(n1)oc1c(N3C4CCCN(C4)C3C)c(C)ccc12.Cc1ccc2c(n1)oc1c(N3c4ccccc4-c4ccccc4N(C)C3C)c(C)ccc12.[2H]C1([2H])CN(c2c(C)ccc3c2oc2nc(C)ccc23)C(C)N(C)c2ccccc21.[2H]C1([2H])c2ccccc2C2([2H])CN1C(C)N2c1c(C)ccc2c1oc1nc(C)ccc12.[2H]C1([2H])c2ccccc2N2CC1N(c1c(C)ccc3c1oc1nc(C)ccc13)C2C. The molecule has 0 aliphatic carbocycles. The lowest BCUT2D eigenvalue weighted by molar-refractivity contribution is 0.244. The lowest BCUT2D eigenvalue weighted by Crippen LogP contribution is -2.44. The first-order chi connectivity index (χ1) is 70.6. The van der Waals surface area contributed by atoms with E-state index in [9.17, 15) is 1.37 Å². The molecule has 10 unspecified atom stereocenters. The zero-order valence-corrected chi connectivity index (χ0v) is 82.3. The first kappa shape index (κ1) is 80.2. The number of aromatic nitrogens is 5. The van der Waals surface area contributed by atoms with Crippen molar-refractivity contribution in [3.63, 3.8) is 0 Å². The molecule has 140 heavy (non-hydrogen) atoms. The Hall–Kier alpha value is -14.7. The van der Waals surface area contributed by atoms with Crippen LogP contribution in [-0.4, -0.2) is 124 Å². The third-order valence-electron chi connectivity index (χ3n) is 30.6. The molecular formula is C120H119N15O5. The second-order valence-corrected chi connectivity index (χ2v) is 39.2. The minimum Gasteiger partial charge on any atom is -0.436 e. The Bertz CT molecular complexity index is 8720. The third-order valence-corrected chi connectivity index (χ3v) is 30.6. The van der Waals surface area contributed by atoms with Gasteiger partial charge in [-0.25, -0.2) is 24.9 Å². The van der Waals surface area contributed by atoms with E-state index in [2.05, 4.69) is 260 Å². The molecule has 8 aliphatic heterocycles. The molecule has 18 heterocycles. The number of aryl methyl sites for hydroxylation is 10. The molecule has 10 atom stereocenters. The fraction of sp³-hybridized carbons (Fsp3) is 0.292. The molecule has 10 aromatic carbocycles. The van der Waals surface area contributed by atoms with Crippen molar-refractivity contribution < 1.29 is 31.7 Å². The Balaban J connectivity index is 0.0000000986. The second kappa shape index (κ2) is 34.4. The van der Waals surface area contributed by atoms with Crippen LogP contribution in [0.1, 0.15) is 142 Å². The van der Waals surface area contributed by atoms with Crippen molar-refractivity contribution in [3.05, 3.63) is 321 Å². The lowest BCUT2D eigenvalue weighted by Gasteiger charge is -2.37. The summed E-state index contributed by atoms with van der Waals surface area (Å²) in [4.78, 5) is 45.6. The maximum absolute atomic E-state index is 9.60. The maximum atomic E-state index is 9.60. The van der Waals surface area contributed by atoms with E-state index in [0.717, 1.165) is 161 Å². The maximum Gasteiger partial charge on any atom is 0.227 e. The molecule has 0 N–H and O–H groups in total. The quantitative estimate of drug-likeness (QED) is 0.160. The number of hydrogen-bond acceptors (Lipinski definition) is 20. The smallest absolute Gasteiger partial charge is 0.227 e. The van der Waals surface area contributed by atoms with E-state index in [4.69, 9.17) is 30.3 Å². The number of para-hydroxylation sites is 4. The lowest BCUT2D eigenvalue weighted by atomic mass is 9.96. The fourth-order valence-electron chi connectivity index (χ4n) is 23.2. The molecule has 8 aliphatic rings. The molecule has 6 bridgehead atoms. The van der Waals surface area contributed by atoms with Gasteiger partial charge in [0.1, 0.15) is 6.17 Å². The largest absolute Gasteiger partial charge is 0.436 e.